The first-order chi connectivity index (χ1) is 12.6. The zero-order valence-corrected chi connectivity index (χ0v) is 15.5. The summed E-state index contributed by atoms with van der Waals surface area (Å²) in [5, 5.41) is 2.34. The lowest BCUT2D eigenvalue weighted by molar-refractivity contribution is -0.142. The van der Waals surface area contributed by atoms with Crippen LogP contribution in [0, 0.1) is 18.8 Å². The fraction of sp³-hybridized carbons (Fsp3) is 0.750. The topological polar surface area (TPSA) is 81.4 Å². The number of carbonyl (C=O) groups is 2. The van der Waals surface area contributed by atoms with Crippen LogP contribution in [0.3, 0.4) is 0 Å². The van der Waals surface area contributed by atoms with Crippen LogP contribution in [-0.4, -0.2) is 23.4 Å². The van der Waals surface area contributed by atoms with Gasteiger partial charge in [0.15, 0.2) is 5.89 Å². The summed E-state index contributed by atoms with van der Waals surface area (Å²) in [4.78, 5) is 27.4. The molecule has 2 aliphatic carbocycles. The van der Waals surface area contributed by atoms with Gasteiger partial charge in [0.05, 0.1) is 13.2 Å². The molecule has 1 N–H and O–H groups in total. The summed E-state index contributed by atoms with van der Waals surface area (Å²) >= 11 is 0. The Morgan fingerprint density at radius 2 is 1.77 bits per heavy atom. The molecule has 6 nitrogen and oxygen atoms in total. The van der Waals surface area contributed by atoms with Crippen LogP contribution in [-0.2, 0) is 26.3 Å². The number of aromatic nitrogens is 1. The number of nitrogens with zero attached hydrogens (tertiary/aromatic N) is 1. The molecule has 5 rings (SSSR count). The highest BCUT2D eigenvalue weighted by molar-refractivity contribution is 6.03. The van der Waals surface area contributed by atoms with E-state index >= 15 is 0 Å². The minimum absolute atomic E-state index is 0.244. The highest BCUT2D eigenvalue weighted by Gasteiger charge is 2.51. The van der Waals surface area contributed by atoms with Gasteiger partial charge in [-0.3, -0.25) is 14.9 Å². The van der Waals surface area contributed by atoms with E-state index in [4.69, 9.17) is 9.15 Å². The quantitative estimate of drug-likeness (QED) is 0.778. The van der Waals surface area contributed by atoms with Crippen molar-refractivity contribution in [3.63, 3.8) is 0 Å². The smallest absolute Gasteiger partial charge is 0.242 e. The summed E-state index contributed by atoms with van der Waals surface area (Å²) in [5.41, 5.74) is -0.207. The lowest BCUT2D eigenvalue weighted by Gasteiger charge is -2.35. The summed E-state index contributed by atoms with van der Waals surface area (Å²) in [6.07, 6.45) is 11.5. The lowest BCUT2D eigenvalue weighted by Crippen LogP contribution is -2.55. The first kappa shape index (κ1) is 17.7. The van der Waals surface area contributed by atoms with Crippen LogP contribution in [0.4, 0.5) is 0 Å². The van der Waals surface area contributed by atoms with E-state index in [1.807, 2.05) is 0 Å². The molecule has 2 saturated carbocycles. The average molecular weight is 360 g/mol. The molecule has 1 saturated heterocycles. The normalized spacial score (nSPS) is 29.0. The van der Waals surface area contributed by atoms with Crippen LogP contribution >= 0.6 is 0 Å². The maximum Gasteiger partial charge on any atom is 0.242 e. The molecule has 2 amide bonds. The minimum atomic E-state index is -0.872. The number of piperidine rings is 1. The number of rotatable bonds is 1. The van der Waals surface area contributed by atoms with Crippen molar-refractivity contribution < 1.29 is 18.7 Å². The standard InChI is InChI=1S/C11H12N2O4.C9H16/c1-6-12-7-4-16-5-11(9(7)17-6)3-2-8(14)13-10(11)15;1-2-5-8(4-1)9-6-3-7-9/h2-5H2,1H3,(H,13,14,15);8-9H,1-7H2. The number of fused-ring (bicyclic) bond motifs is 2. The van der Waals surface area contributed by atoms with Crippen molar-refractivity contribution in [2.45, 2.75) is 76.7 Å². The zero-order valence-electron chi connectivity index (χ0n) is 15.5. The second kappa shape index (κ2) is 7.14. The Bertz CT molecular complexity index is 688. The van der Waals surface area contributed by atoms with Crippen LogP contribution in [0.1, 0.15) is 75.1 Å². The number of carbonyl (C=O) groups excluding carboxylic acids is 2. The largest absolute Gasteiger partial charge is 0.444 e. The Morgan fingerprint density at radius 1 is 1.08 bits per heavy atom. The first-order valence-electron chi connectivity index (χ1n) is 9.97. The number of oxazole rings is 1. The molecule has 0 radical (unpaired) electrons. The number of imide groups is 1. The monoisotopic (exact) mass is 360 g/mol. The maximum atomic E-state index is 12.1. The van der Waals surface area contributed by atoms with E-state index in [9.17, 15) is 9.59 Å². The van der Waals surface area contributed by atoms with Crippen molar-refractivity contribution in [2.75, 3.05) is 6.61 Å². The molecular weight excluding hydrogens is 332 g/mol. The molecule has 1 aromatic heterocycles. The summed E-state index contributed by atoms with van der Waals surface area (Å²) in [5.74, 6) is 2.83. The third kappa shape index (κ3) is 3.20. The van der Waals surface area contributed by atoms with Crippen molar-refractivity contribution in [1.82, 2.24) is 10.3 Å². The molecule has 1 unspecified atom stereocenters. The number of nitrogens with one attached hydrogen (secondary N) is 1. The molecule has 4 aliphatic rings. The molecular formula is C20H28N2O4. The minimum Gasteiger partial charge on any atom is -0.444 e. The predicted molar refractivity (Wildman–Crippen MR) is 94.3 cm³/mol. The van der Waals surface area contributed by atoms with E-state index in [0.29, 0.717) is 36.8 Å². The molecule has 6 heteroatoms. The maximum absolute atomic E-state index is 12.1. The summed E-state index contributed by atoms with van der Waals surface area (Å²) < 4.78 is 11.0. The van der Waals surface area contributed by atoms with Gasteiger partial charge in [-0.15, -0.1) is 0 Å². The predicted octanol–water partition coefficient (Wildman–Crippen LogP) is 3.16. The lowest BCUT2D eigenvalue weighted by atomic mass is 9.75. The second-order valence-electron chi connectivity index (χ2n) is 8.20. The Hall–Kier alpha value is -1.69. The van der Waals surface area contributed by atoms with Crippen molar-refractivity contribution in [1.29, 1.82) is 0 Å². The summed E-state index contributed by atoms with van der Waals surface area (Å²) in [6, 6.07) is 0. The molecule has 1 spiro atoms. The van der Waals surface area contributed by atoms with Crippen LogP contribution in [0.2, 0.25) is 0 Å². The van der Waals surface area contributed by atoms with Gasteiger partial charge < -0.3 is 9.15 Å². The van der Waals surface area contributed by atoms with Gasteiger partial charge in [0.25, 0.3) is 0 Å². The average Bonchev–Trinajstić information content (AvgIpc) is 3.20. The van der Waals surface area contributed by atoms with E-state index in [-0.39, 0.29) is 18.4 Å². The van der Waals surface area contributed by atoms with Gasteiger partial charge in [-0.25, -0.2) is 4.98 Å². The van der Waals surface area contributed by atoms with Crippen LogP contribution < -0.4 is 5.32 Å². The molecule has 2 aliphatic heterocycles. The van der Waals surface area contributed by atoms with Gasteiger partial charge in [0, 0.05) is 13.3 Å². The zero-order chi connectivity index (χ0) is 18.1. The molecule has 3 heterocycles. The highest BCUT2D eigenvalue weighted by Crippen LogP contribution is 2.42. The molecule has 1 atom stereocenters. The van der Waals surface area contributed by atoms with Gasteiger partial charge in [-0.1, -0.05) is 44.9 Å². The number of ether oxygens (including phenoxy) is 1. The molecule has 26 heavy (non-hydrogen) atoms. The van der Waals surface area contributed by atoms with Crippen LogP contribution in [0.15, 0.2) is 4.42 Å². The molecule has 3 fully saturated rings. The highest BCUT2D eigenvalue weighted by atomic mass is 16.5. The van der Waals surface area contributed by atoms with Gasteiger partial charge in [-0.2, -0.15) is 0 Å². The van der Waals surface area contributed by atoms with E-state index in [1.54, 1.807) is 32.6 Å². The third-order valence-corrected chi connectivity index (χ3v) is 6.51. The van der Waals surface area contributed by atoms with E-state index in [2.05, 4.69) is 10.3 Å². The van der Waals surface area contributed by atoms with E-state index in [0.717, 1.165) is 0 Å². The van der Waals surface area contributed by atoms with Gasteiger partial charge in [0.2, 0.25) is 11.8 Å². The number of hydrogen-bond acceptors (Lipinski definition) is 5. The van der Waals surface area contributed by atoms with Gasteiger partial charge >= 0.3 is 0 Å². The molecule has 1 aromatic rings. The van der Waals surface area contributed by atoms with Gasteiger partial charge in [-0.05, 0) is 18.3 Å². The Kier molecular flexibility index (Phi) is 4.86. The molecule has 0 aromatic carbocycles. The fourth-order valence-corrected chi connectivity index (χ4v) is 4.77. The van der Waals surface area contributed by atoms with Crippen molar-refractivity contribution >= 4 is 11.8 Å². The van der Waals surface area contributed by atoms with Crippen molar-refractivity contribution in [3.05, 3.63) is 17.3 Å². The summed E-state index contributed by atoms with van der Waals surface area (Å²) in [6.45, 7) is 2.33. The Balaban J connectivity index is 0.000000157. The van der Waals surface area contributed by atoms with E-state index in [1.165, 1.54) is 31.1 Å². The molecule has 0 bridgehead atoms. The fourth-order valence-electron chi connectivity index (χ4n) is 4.77. The van der Waals surface area contributed by atoms with Crippen molar-refractivity contribution in [3.8, 4) is 0 Å². The van der Waals surface area contributed by atoms with Gasteiger partial charge in [0.1, 0.15) is 16.9 Å². The Labute approximate surface area is 154 Å². The number of hydrogen-bond donors (Lipinski definition) is 1. The third-order valence-electron chi connectivity index (χ3n) is 6.51. The molecule has 142 valence electrons. The number of amides is 2. The number of aryl methyl sites for hydroxylation is 1. The Morgan fingerprint density at radius 3 is 2.38 bits per heavy atom. The van der Waals surface area contributed by atoms with Crippen molar-refractivity contribution in [2.24, 2.45) is 11.8 Å². The first-order valence-corrected chi connectivity index (χ1v) is 9.97. The van der Waals surface area contributed by atoms with Crippen LogP contribution in [0.25, 0.3) is 0 Å². The van der Waals surface area contributed by atoms with Crippen LogP contribution in [0.5, 0.6) is 0 Å². The second-order valence-corrected chi connectivity index (χ2v) is 8.20. The summed E-state index contributed by atoms with van der Waals surface area (Å²) in [7, 11) is 0. The van der Waals surface area contributed by atoms with E-state index < -0.39 is 5.41 Å². The SMILES string of the molecule is C1CCC(C2CCC2)C1.Cc1nc2c(o1)C1(CCC(=O)NC1=O)COC2.